The van der Waals surface area contributed by atoms with Crippen LogP contribution in [0.2, 0.25) is 0 Å². The zero-order valence-electron chi connectivity index (χ0n) is 15.1. The number of sulfone groups is 1. The predicted octanol–water partition coefficient (Wildman–Crippen LogP) is 3.64. The van der Waals surface area contributed by atoms with E-state index in [1.165, 1.54) is 25.4 Å². The van der Waals surface area contributed by atoms with E-state index in [9.17, 15) is 13.7 Å². The molecule has 26 heavy (non-hydrogen) atoms. The molecule has 1 heterocycles. The minimum absolute atomic E-state index is 0.0768. The van der Waals surface area contributed by atoms with Crippen molar-refractivity contribution in [2.45, 2.75) is 31.1 Å². The summed E-state index contributed by atoms with van der Waals surface area (Å²) in [6, 6.07) is 11.6. The van der Waals surface area contributed by atoms with Gasteiger partial charge in [-0.1, -0.05) is 32.9 Å². The van der Waals surface area contributed by atoms with Gasteiger partial charge in [0, 0.05) is 12.3 Å². The molecule has 1 N–H and O–H groups in total. The number of ether oxygens (including phenoxy) is 1. The van der Waals surface area contributed by atoms with Crippen molar-refractivity contribution in [3.05, 3.63) is 59.3 Å². The largest absolute Gasteiger partial charge is 0.481 e. The van der Waals surface area contributed by atoms with E-state index in [1.807, 2.05) is 20.8 Å². The molecule has 0 unspecified atom stereocenters. The van der Waals surface area contributed by atoms with Crippen molar-refractivity contribution in [1.29, 1.82) is 5.26 Å². The van der Waals surface area contributed by atoms with E-state index >= 15 is 0 Å². The summed E-state index contributed by atoms with van der Waals surface area (Å²) in [6.07, 6.45) is 2.64. The molecule has 1 aromatic heterocycles. The number of hydrogen-bond donors (Lipinski definition) is 1. The smallest absolute Gasteiger partial charge is 0.218 e. The zero-order chi connectivity index (χ0) is 19.4. The van der Waals surface area contributed by atoms with Crippen LogP contribution in [-0.2, 0) is 15.3 Å². The number of nitrogens with one attached hydrogen (secondary N) is 1. The van der Waals surface area contributed by atoms with Gasteiger partial charge in [0.15, 0.2) is 4.91 Å². The van der Waals surface area contributed by atoms with Gasteiger partial charge < -0.3 is 10.1 Å². The second kappa shape index (κ2) is 7.58. The Hall–Kier alpha value is -2.85. The molecule has 0 saturated carbocycles. The standard InChI is InChI=1S/C19H21N3O3S/c1-19(2,3)14-5-8-16(9-6-14)26(23,24)17(11-20)13-21-15-7-10-18(25-4)22-12-15/h5-10,12-13,21H,1-4H3. The molecule has 0 atom stereocenters. The van der Waals surface area contributed by atoms with Crippen LogP contribution in [0.15, 0.2) is 58.6 Å². The fraction of sp³-hybridized carbons (Fsp3) is 0.263. The first-order chi connectivity index (χ1) is 12.2. The SMILES string of the molecule is COc1ccc(NC=C(C#N)S(=O)(=O)c2ccc(C(C)(C)C)cc2)cn1. The van der Waals surface area contributed by atoms with E-state index < -0.39 is 9.84 Å². The Kier molecular flexibility index (Phi) is 5.68. The molecular weight excluding hydrogens is 350 g/mol. The fourth-order valence-corrected chi connectivity index (χ4v) is 3.25. The van der Waals surface area contributed by atoms with Gasteiger partial charge in [0.2, 0.25) is 15.7 Å². The molecule has 0 bridgehead atoms. The molecule has 2 aromatic rings. The normalized spacial score (nSPS) is 12.3. The first-order valence-corrected chi connectivity index (χ1v) is 9.39. The summed E-state index contributed by atoms with van der Waals surface area (Å²) in [5.74, 6) is 0.437. The van der Waals surface area contributed by atoms with Gasteiger partial charge in [-0.05, 0) is 29.2 Å². The van der Waals surface area contributed by atoms with Gasteiger partial charge >= 0.3 is 0 Å². The van der Waals surface area contributed by atoms with Crippen molar-refractivity contribution >= 4 is 15.5 Å². The van der Waals surface area contributed by atoms with Gasteiger partial charge in [0.25, 0.3) is 0 Å². The molecule has 0 aliphatic rings. The lowest BCUT2D eigenvalue weighted by Crippen LogP contribution is -2.12. The number of anilines is 1. The molecule has 0 amide bonds. The zero-order valence-corrected chi connectivity index (χ0v) is 16.0. The van der Waals surface area contributed by atoms with E-state index in [0.717, 1.165) is 11.8 Å². The predicted molar refractivity (Wildman–Crippen MR) is 100 cm³/mol. The molecule has 136 valence electrons. The molecule has 0 spiro atoms. The third kappa shape index (κ3) is 4.41. The highest BCUT2D eigenvalue weighted by atomic mass is 32.2. The van der Waals surface area contributed by atoms with E-state index in [0.29, 0.717) is 11.6 Å². The van der Waals surface area contributed by atoms with Crippen LogP contribution in [-0.4, -0.2) is 20.5 Å². The van der Waals surface area contributed by atoms with Crippen LogP contribution in [0.1, 0.15) is 26.3 Å². The summed E-state index contributed by atoms with van der Waals surface area (Å²) < 4.78 is 30.3. The Labute approximate surface area is 154 Å². The Morgan fingerprint density at radius 2 is 1.85 bits per heavy atom. The molecule has 0 saturated heterocycles. The third-order valence-corrected chi connectivity index (χ3v) is 5.43. The maximum Gasteiger partial charge on any atom is 0.218 e. The van der Waals surface area contributed by atoms with Crippen molar-refractivity contribution in [2.75, 3.05) is 12.4 Å². The van der Waals surface area contributed by atoms with Crippen LogP contribution in [0.3, 0.4) is 0 Å². The van der Waals surface area contributed by atoms with Gasteiger partial charge in [0.05, 0.1) is 23.9 Å². The van der Waals surface area contributed by atoms with Crippen molar-refractivity contribution in [1.82, 2.24) is 4.98 Å². The van der Waals surface area contributed by atoms with Gasteiger partial charge in [-0.3, -0.25) is 0 Å². The van der Waals surface area contributed by atoms with Crippen molar-refractivity contribution in [3.63, 3.8) is 0 Å². The number of nitrogens with zero attached hydrogens (tertiary/aromatic N) is 2. The Bertz CT molecular complexity index is 934. The summed E-state index contributed by atoms with van der Waals surface area (Å²) in [5.41, 5.74) is 1.47. The second-order valence-electron chi connectivity index (χ2n) is 6.63. The molecule has 0 aliphatic carbocycles. The maximum absolute atomic E-state index is 12.7. The van der Waals surface area contributed by atoms with Gasteiger partial charge in [-0.2, -0.15) is 5.26 Å². The van der Waals surface area contributed by atoms with Crippen molar-refractivity contribution < 1.29 is 13.2 Å². The summed E-state index contributed by atoms with van der Waals surface area (Å²) in [6.45, 7) is 6.14. The lowest BCUT2D eigenvalue weighted by atomic mass is 9.87. The molecule has 7 heteroatoms. The highest BCUT2D eigenvalue weighted by Crippen LogP contribution is 2.25. The molecule has 0 radical (unpaired) electrons. The minimum atomic E-state index is -3.90. The molecular formula is C19H21N3O3S. The fourth-order valence-electron chi connectivity index (χ4n) is 2.17. The maximum atomic E-state index is 12.7. The quantitative estimate of drug-likeness (QED) is 0.807. The molecule has 0 fully saturated rings. The van der Waals surface area contributed by atoms with E-state index in [1.54, 1.807) is 30.3 Å². The number of methoxy groups -OCH3 is 1. The average Bonchev–Trinajstić information content (AvgIpc) is 2.62. The van der Waals surface area contributed by atoms with Crippen LogP contribution >= 0.6 is 0 Å². The lowest BCUT2D eigenvalue weighted by Gasteiger charge is -2.19. The monoisotopic (exact) mass is 371 g/mol. The Balaban J connectivity index is 2.28. The van der Waals surface area contributed by atoms with Crippen LogP contribution in [0.5, 0.6) is 5.88 Å². The number of pyridine rings is 1. The minimum Gasteiger partial charge on any atom is -0.481 e. The first kappa shape index (κ1) is 19.5. The number of allylic oxidation sites excluding steroid dienone is 1. The van der Waals surface area contributed by atoms with E-state index in [2.05, 4.69) is 10.3 Å². The highest BCUT2D eigenvalue weighted by Gasteiger charge is 2.22. The molecule has 2 rings (SSSR count). The molecule has 0 aliphatic heterocycles. The topological polar surface area (TPSA) is 92.1 Å². The molecule has 1 aromatic carbocycles. The Morgan fingerprint density at radius 3 is 2.31 bits per heavy atom. The summed E-state index contributed by atoms with van der Waals surface area (Å²) in [7, 11) is -2.40. The lowest BCUT2D eigenvalue weighted by molar-refractivity contribution is 0.398. The first-order valence-electron chi connectivity index (χ1n) is 7.91. The third-order valence-electron chi connectivity index (χ3n) is 3.75. The van der Waals surface area contributed by atoms with Crippen LogP contribution in [0, 0.1) is 11.3 Å². The van der Waals surface area contributed by atoms with Gasteiger partial charge in [0.1, 0.15) is 6.07 Å². The number of nitriles is 1. The summed E-state index contributed by atoms with van der Waals surface area (Å²) in [4.78, 5) is 3.71. The van der Waals surface area contributed by atoms with E-state index in [4.69, 9.17) is 4.74 Å². The van der Waals surface area contributed by atoms with E-state index in [-0.39, 0.29) is 15.2 Å². The number of rotatable bonds is 5. The number of benzene rings is 1. The van der Waals surface area contributed by atoms with Crippen LogP contribution < -0.4 is 10.1 Å². The van der Waals surface area contributed by atoms with Crippen LogP contribution in [0.25, 0.3) is 0 Å². The van der Waals surface area contributed by atoms with Gasteiger partial charge in [-0.15, -0.1) is 0 Å². The average molecular weight is 371 g/mol. The van der Waals surface area contributed by atoms with Crippen molar-refractivity contribution in [3.8, 4) is 11.9 Å². The van der Waals surface area contributed by atoms with Crippen LogP contribution in [0.4, 0.5) is 5.69 Å². The molecule has 6 nitrogen and oxygen atoms in total. The Morgan fingerprint density at radius 1 is 1.19 bits per heavy atom. The van der Waals surface area contributed by atoms with Crippen molar-refractivity contribution in [2.24, 2.45) is 0 Å². The second-order valence-corrected chi connectivity index (χ2v) is 8.55. The number of aromatic nitrogens is 1. The summed E-state index contributed by atoms with van der Waals surface area (Å²) in [5, 5.41) is 12.1. The summed E-state index contributed by atoms with van der Waals surface area (Å²) >= 11 is 0. The number of hydrogen-bond acceptors (Lipinski definition) is 6. The van der Waals surface area contributed by atoms with Gasteiger partial charge in [-0.25, -0.2) is 13.4 Å². The highest BCUT2D eigenvalue weighted by molar-refractivity contribution is 7.95.